The predicted octanol–water partition coefficient (Wildman–Crippen LogP) is 2.34. The molecule has 6 heteroatoms. The second kappa shape index (κ2) is 6.29. The van der Waals surface area contributed by atoms with Crippen molar-refractivity contribution in [2.45, 2.75) is 6.92 Å². The van der Waals surface area contributed by atoms with Crippen LogP contribution in [0, 0.1) is 5.92 Å². The van der Waals surface area contributed by atoms with E-state index in [2.05, 4.69) is 0 Å². The molecular formula is C12H18ClNO3S. The Balaban J connectivity index is 2.94. The Kier molecular flexibility index (Phi) is 5.28. The topological polar surface area (TPSA) is 46.6 Å². The lowest BCUT2D eigenvalue weighted by molar-refractivity contribution is 0.415. The van der Waals surface area contributed by atoms with Gasteiger partial charge in [0.05, 0.1) is 18.6 Å². The van der Waals surface area contributed by atoms with Crippen LogP contribution in [0.3, 0.4) is 0 Å². The SMILES string of the molecule is COc1cccc(N(C)S(=O)(=O)CC(C)CCl)c1. The zero-order chi connectivity index (χ0) is 13.8. The number of benzene rings is 1. The number of sulfonamides is 1. The number of halogens is 1. The van der Waals surface area contributed by atoms with Gasteiger partial charge in [-0.1, -0.05) is 13.0 Å². The highest BCUT2D eigenvalue weighted by Crippen LogP contribution is 2.23. The number of alkyl halides is 1. The van der Waals surface area contributed by atoms with Crippen LogP contribution in [0.15, 0.2) is 24.3 Å². The normalized spacial score (nSPS) is 13.1. The summed E-state index contributed by atoms with van der Waals surface area (Å²) in [6.07, 6.45) is 0. The van der Waals surface area contributed by atoms with E-state index in [-0.39, 0.29) is 11.7 Å². The second-order valence-electron chi connectivity index (χ2n) is 4.21. The molecule has 18 heavy (non-hydrogen) atoms. The van der Waals surface area contributed by atoms with Crippen molar-refractivity contribution in [3.8, 4) is 5.75 Å². The van der Waals surface area contributed by atoms with Crippen molar-refractivity contribution in [1.82, 2.24) is 0 Å². The molecule has 0 fully saturated rings. The standard InChI is InChI=1S/C12H18ClNO3S/c1-10(8-13)9-18(15,16)14(2)11-5-4-6-12(7-11)17-3/h4-7,10H,8-9H2,1-3H3. The Morgan fingerprint density at radius 2 is 2.11 bits per heavy atom. The molecule has 0 N–H and O–H groups in total. The number of hydrogen-bond donors (Lipinski definition) is 0. The Labute approximate surface area is 114 Å². The van der Waals surface area contributed by atoms with Gasteiger partial charge in [0.15, 0.2) is 0 Å². The van der Waals surface area contributed by atoms with Crippen LogP contribution in [0.1, 0.15) is 6.92 Å². The smallest absolute Gasteiger partial charge is 0.235 e. The van der Waals surface area contributed by atoms with Crippen molar-refractivity contribution >= 4 is 27.3 Å². The summed E-state index contributed by atoms with van der Waals surface area (Å²) < 4.78 is 30.6. The molecule has 0 saturated heterocycles. The zero-order valence-corrected chi connectivity index (χ0v) is 12.3. The van der Waals surface area contributed by atoms with Crippen molar-refractivity contribution in [1.29, 1.82) is 0 Å². The Hall–Kier alpha value is -0.940. The largest absolute Gasteiger partial charge is 0.497 e. The molecular weight excluding hydrogens is 274 g/mol. The van der Waals surface area contributed by atoms with E-state index in [4.69, 9.17) is 16.3 Å². The van der Waals surface area contributed by atoms with Gasteiger partial charge in [-0.15, -0.1) is 11.6 Å². The number of anilines is 1. The number of nitrogens with zero attached hydrogens (tertiary/aromatic N) is 1. The van der Waals surface area contributed by atoms with Crippen LogP contribution in [0.4, 0.5) is 5.69 Å². The van der Waals surface area contributed by atoms with Crippen LogP contribution in [-0.2, 0) is 10.0 Å². The van der Waals surface area contributed by atoms with Crippen LogP contribution < -0.4 is 9.04 Å². The van der Waals surface area contributed by atoms with Gasteiger partial charge in [0, 0.05) is 19.0 Å². The van der Waals surface area contributed by atoms with Crippen molar-refractivity contribution in [3.63, 3.8) is 0 Å². The molecule has 0 aromatic heterocycles. The summed E-state index contributed by atoms with van der Waals surface area (Å²) in [6, 6.07) is 6.94. The number of rotatable bonds is 6. The Bertz CT molecular complexity index is 490. The summed E-state index contributed by atoms with van der Waals surface area (Å²) in [7, 11) is -0.279. The second-order valence-corrected chi connectivity index (χ2v) is 6.56. The van der Waals surface area contributed by atoms with Gasteiger partial charge in [-0.25, -0.2) is 8.42 Å². The molecule has 1 rings (SSSR count). The number of hydrogen-bond acceptors (Lipinski definition) is 3. The highest BCUT2D eigenvalue weighted by molar-refractivity contribution is 7.92. The van der Waals surface area contributed by atoms with E-state index in [1.807, 2.05) is 6.92 Å². The van der Waals surface area contributed by atoms with E-state index in [1.54, 1.807) is 31.4 Å². The van der Waals surface area contributed by atoms with Crippen molar-refractivity contribution < 1.29 is 13.2 Å². The maximum absolute atomic E-state index is 12.1. The molecule has 0 aliphatic heterocycles. The average Bonchev–Trinajstić information content (AvgIpc) is 2.37. The molecule has 4 nitrogen and oxygen atoms in total. The first-order valence-electron chi connectivity index (χ1n) is 5.57. The molecule has 0 heterocycles. The van der Waals surface area contributed by atoms with E-state index in [0.29, 0.717) is 17.3 Å². The fourth-order valence-corrected chi connectivity index (χ4v) is 3.22. The van der Waals surface area contributed by atoms with Gasteiger partial charge < -0.3 is 4.74 Å². The molecule has 0 aliphatic carbocycles. The molecule has 0 bridgehead atoms. The lowest BCUT2D eigenvalue weighted by Gasteiger charge is -2.21. The summed E-state index contributed by atoms with van der Waals surface area (Å²) in [6.45, 7) is 1.81. The quantitative estimate of drug-likeness (QED) is 0.756. The first-order chi connectivity index (χ1) is 8.40. The predicted molar refractivity (Wildman–Crippen MR) is 75.1 cm³/mol. The lowest BCUT2D eigenvalue weighted by atomic mass is 10.3. The van der Waals surface area contributed by atoms with Crippen LogP contribution in [0.5, 0.6) is 5.75 Å². The molecule has 1 atom stereocenters. The van der Waals surface area contributed by atoms with Crippen molar-refractivity contribution in [3.05, 3.63) is 24.3 Å². The average molecular weight is 292 g/mol. The molecule has 1 aromatic carbocycles. The molecule has 0 spiro atoms. The van der Waals surface area contributed by atoms with Gasteiger partial charge in [-0.3, -0.25) is 4.31 Å². The third-order valence-corrected chi connectivity index (χ3v) is 5.16. The summed E-state index contributed by atoms with van der Waals surface area (Å²) in [5.41, 5.74) is 0.580. The van der Waals surface area contributed by atoms with Gasteiger partial charge in [-0.05, 0) is 18.1 Å². The minimum absolute atomic E-state index is 0.0320. The zero-order valence-electron chi connectivity index (χ0n) is 10.8. The maximum Gasteiger partial charge on any atom is 0.235 e. The number of methoxy groups -OCH3 is 1. The third-order valence-electron chi connectivity index (χ3n) is 2.59. The van der Waals surface area contributed by atoms with Gasteiger partial charge in [0.1, 0.15) is 5.75 Å². The highest BCUT2D eigenvalue weighted by Gasteiger charge is 2.21. The minimum atomic E-state index is -3.36. The molecule has 0 saturated carbocycles. The summed E-state index contributed by atoms with van der Waals surface area (Å²) in [4.78, 5) is 0. The highest BCUT2D eigenvalue weighted by atomic mass is 35.5. The van der Waals surface area contributed by atoms with Crippen molar-refractivity contribution in [2.75, 3.05) is 30.1 Å². The van der Waals surface area contributed by atoms with Crippen LogP contribution >= 0.6 is 11.6 Å². The monoisotopic (exact) mass is 291 g/mol. The minimum Gasteiger partial charge on any atom is -0.497 e. The molecule has 1 aromatic rings. The third kappa shape index (κ3) is 3.78. The van der Waals surface area contributed by atoms with Crippen molar-refractivity contribution in [2.24, 2.45) is 5.92 Å². The lowest BCUT2D eigenvalue weighted by Crippen LogP contribution is -2.31. The first-order valence-corrected chi connectivity index (χ1v) is 7.71. The van der Waals surface area contributed by atoms with E-state index in [1.165, 1.54) is 11.4 Å². The van der Waals surface area contributed by atoms with Crippen LogP contribution in [-0.4, -0.2) is 34.2 Å². The van der Waals surface area contributed by atoms with Gasteiger partial charge in [0.25, 0.3) is 0 Å². The Morgan fingerprint density at radius 3 is 2.67 bits per heavy atom. The van der Waals surface area contributed by atoms with E-state index < -0.39 is 10.0 Å². The Morgan fingerprint density at radius 1 is 1.44 bits per heavy atom. The summed E-state index contributed by atoms with van der Waals surface area (Å²) >= 11 is 5.65. The fourth-order valence-electron chi connectivity index (χ4n) is 1.48. The van der Waals surface area contributed by atoms with Gasteiger partial charge in [-0.2, -0.15) is 0 Å². The summed E-state index contributed by atoms with van der Waals surface area (Å²) in [5.74, 6) is 0.903. The molecule has 0 amide bonds. The fraction of sp³-hybridized carbons (Fsp3) is 0.500. The van der Waals surface area contributed by atoms with E-state index in [0.717, 1.165) is 0 Å². The van der Waals surface area contributed by atoms with Crippen LogP contribution in [0.25, 0.3) is 0 Å². The molecule has 0 radical (unpaired) electrons. The van der Waals surface area contributed by atoms with Gasteiger partial charge >= 0.3 is 0 Å². The molecule has 0 aliphatic rings. The number of ether oxygens (including phenoxy) is 1. The van der Waals surface area contributed by atoms with Gasteiger partial charge in [0.2, 0.25) is 10.0 Å². The van der Waals surface area contributed by atoms with Crippen LogP contribution in [0.2, 0.25) is 0 Å². The molecule has 1 unspecified atom stereocenters. The van der Waals surface area contributed by atoms with E-state index >= 15 is 0 Å². The summed E-state index contributed by atoms with van der Waals surface area (Å²) in [5, 5.41) is 0. The maximum atomic E-state index is 12.1. The van der Waals surface area contributed by atoms with E-state index in [9.17, 15) is 8.42 Å². The first kappa shape index (κ1) is 15.1. The molecule has 102 valence electrons.